The van der Waals surface area contributed by atoms with Gasteiger partial charge in [-0.05, 0) is 33.3 Å². The summed E-state index contributed by atoms with van der Waals surface area (Å²) in [6.45, 7) is 5.67. The zero-order valence-corrected chi connectivity index (χ0v) is 13.2. The van der Waals surface area contributed by atoms with Gasteiger partial charge in [-0.15, -0.1) is 0 Å². The fourth-order valence-corrected chi connectivity index (χ4v) is 4.59. The maximum atomic E-state index is 11.6. The second kappa shape index (κ2) is 4.62. The first-order valence-corrected chi connectivity index (χ1v) is 8.73. The summed E-state index contributed by atoms with van der Waals surface area (Å²) in [6.07, 6.45) is 0.566. The third-order valence-electron chi connectivity index (χ3n) is 4.04. The second-order valence-electron chi connectivity index (χ2n) is 5.69. The third-order valence-corrected chi connectivity index (χ3v) is 5.79. The van der Waals surface area contributed by atoms with Gasteiger partial charge in [0.1, 0.15) is 23.0 Å². The molecule has 0 radical (unpaired) electrons. The van der Waals surface area contributed by atoms with Gasteiger partial charge in [-0.1, -0.05) is 0 Å². The van der Waals surface area contributed by atoms with E-state index in [0.717, 1.165) is 28.3 Å². The van der Waals surface area contributed by atoms with Gasteiger partial charge in [0.15, 0.2) is 9.84 Å². The van der Waals surface area contributed by atoms with Gasteiger partial charge >= 0.3 is 0 Å². The molecule has 1 atom stereocenters. The van der Waals surface area contributed by atoms with Crippen LogP contribution in [0.3, 0.4) is 0 Å². The van der Waals surface area contributed by atoms with E-state index in [9.17, 15) is 8.42 Å². The minimum atomic E-state index is -2.97. The Labute approximate surface area is 123 Å². The Morgan fingerprint density at radius 2 is 2.10 bits per heavy atom. The van der Waals surface area contributed by atoms with Gasteiger partial charge in [0.05, 0.1) is 17.5 Å². The van der Waals surface area contributed by atoms with Crippen molar-refractivity contribution < 1.29 is 12.8 Å². The summed E-state index contributed by atoms with van der Waals surface area (Å²) in [4.78, 5) is 0. The molecule has 0 amide bonds. The van der Waals surface area contributed by atoms with E-state index >= 15 is 0 Å². The number of hydrogen-bond acceptors (Lipinski definition) is 5. The van der Waals surface area contributed by atoms with E-state index in [-0.39, 0.29) is 17.5 Å². The van der Waals surface area contributed by atoms with Crippen molar-refractivity contribution in [1.29, 1.82) is 0 Å². The summed E-state index contributed by atoms with van der Waals surface area (Å²) >= 11 is 0. The van der Waals surface area contributed by atoms with Crippen molar-refractivity contribution in [2.45, 2.75) is 33.2 Å². The van der Waals surface area contributed by atoms with Crippen LogP contribution in [0.5, 0.6) is 0 Å². The van der Waals surface area contributed by atoms with Crippen LogP contribution in [0.1, 0.15) is 29.5 Å². The van der Waals surface area contributed by atoms with E-state index in [4.69, 9.17) is 10.2 Å². The highest BCUT2D eigenvalue weighted by atomic mass is 32.2. The van der Waals surface area contributed by atoms with Crippen LogP contribution < -0.4 is 5.73 Å². The van der Waals surface area contributed by atoms with Crippen molar-refractivity contribution in [3.05, 3.63) is 23.2 Å². The Hall–Kier alpha value is -1.76. The first-order valence-electron chi connectivity index (χ1n) is 6.91. The van der Waals surface area contributed by atoms with Crippen molar-refractivity contribution in [1.82, 2.24) is 9.78 Å². The fourth-order valence-electron chi connectivity index (χ4n) is 2.90. The average Bonchev–Trinajstić information content (AvgIpc) is 2.99. The van der Waals surface area contributed by atoms with Crippen molar-refractivity contribution in [2.75, 3.05) is 17.2 Å². The molecule has 2 aromatic heterocycles. The number of nitrogens with zero attached hydrogens (tertiary/aromatic N) is 2. The molecule has 114 valence electrons. The Morgan fingerprint density at radius 1 is 1.38 bits per heavy atom. The molecule has 1 saturated heterocycles. The second-order valence-corrected chi connectivity index (χ2v) is 7.92. The van der Waals surface area contributed by atoms with Gasteiger partial charge in [0, 0.05) is 11.1 Å². The average molecular weight is 309 g/mol. The lowest BCUT2D eigenvalue weighted by atomic mass is 10.1. The number of nitrogens with two attached hydrogens (primary N) is 1. The lowest BCUT2D eigenvalue weighted by Gasteiger charge is -2.10. The smallest absolute Gasteiger partial charge is 0.152 e. The minimum Gasteiger partial charge on any atom is -0.466 e. The van der Waals surface area contributed by atoms with Gasteiger partial charge in [-0.3, -0.25) is 0 Å². The van der Waals surface area contributed by atoms with Crippen LogP contribution in [0.4, 0.5) is 5.82 Å². The van der Waals surface area contributed by atoms with Gasteiger partial charge in [-0.2, -0.15) is 5.10 Å². The maximum absolute atomic E-state index is 11.6. The molecule has 2 aromatic rings. The van der Waals surface area contributed by atoms with E-state index in [0.29, 0.717) is 12.2 Å². The highest BCUT2D eigenvalue weighted by molar-refractivity contribution is 7.91. The summed E-state index contributed by atoms with van der Waals surface area (Å²) in [5, 5.41) is 4.57. The molecular formula is C14H19N3O3S. The lowest BCUT2D eigenvalue weighted by molar-refractivity contribution is 0.502. The number of nitrogen functional groups attached to an aromatic ring is 1. The number of aromatic nitrogens is 2. The molecule has 0 spiro atoms. The number of anilines is 1. The Kier molecular flexibility index (Phi) is 3.12. The molecule has 0 aromatic carbocycles. The van der Waals surface area contributed by atoms with Crippen LogP contribution in [0.25, 0.3) is 11.3 Å². The third kappa shape index (κ3) is 2.35. The molecule has 1 aliphatic rings. The largest absolute Gasteiger partial charge is 0.466 e. The molecular weight excluding hydrogens is 290 g/mol. The van der Waals surface area contributed by atoms with Gasteiger partial charge in [0.25, 0.3) is 0 Å². The quantitative estimate of drug-likeness (QED) is 0.916. The standard InChI is InChI=1S/C14H19N3O3S/c1-8-6-12(10(3)20-8)13-9(2)14(15)17(16-13)11-4-5-21(18,19)7-11/h6,11H,4-5,7,15H2,1-3H3. The monoisotopic (exact) mass is 309 g/mol. The van der Waals surface area contributed by atoms with E-state index < -0.39 is 9.84 Å². The lowest BCUT2D eigenvalue weighted by Crippen LogP contribution is -2.14. The molecule has 0 saturated carbocycles. The summed E-state index contributed by atoms with van der Waals surface area (Å²) in [6, 6.07) is 1.76. The zero-order chi connectivity index (χ0) is 15.4. The molecule has 1 aliphatic heterocycles. The van der Waals surface area contributed by atoms with Crippen molar-refractivity contribution in [3.63, 3.8) is 0 Å². The van der Waals surface area contributed by atoms with Gasteiger partial charge < -0.3 is 10.2 Å². The van der Waals surface area contributed by atoms with Crippen LogP contribution in [0.2, 0.25) is 0 Å². The van der Waals surface area contributed by atoms with E-state index in [2.05, 4.69) is 5.10 Å². The van der Waals surface area contributed by atoms with Crippen LogP contribution in [0.15, 0.2) is 10.5 Å². The minimum absolute atomic E-state index is 0.112. The van der Waals surface area contributed by atoms with E-state index in [1.165, 1.54) is 0 Å². The fraction of sp³-hybridized carbons (Fsp3) is 0.500. The molecule has 0 bridgehead atoms. The molecule has 3 rings (SSSR count). The Bertz CT molecular complexity index is 802. The Morgan fingerprint density at radius 3 is 2.62 bits per heavy atom. The highest BCUT2D eigenvalue weighted by Crippen LogP contribution is 2.34. The van der Waals surface area contributed by atoms with Crippen LogP contribution >= 0.6 is 0 Å². The molecule has 0 aliphatic carbocycles. The van der Waals surface area contributed by atoms with Crippen LogP contribution in [-0.2, 0) is 9.84 Å². The summed E-state index contributed by atoms with van der Waals surface area (Å²) in [5.41, 5.74) is 8.69. The molecule has 3 heterocycles. The molecule has 7 heteroatoms. The zero-order valence-electron chi connectivity index (χ0n) is 12.4. The topological polar surface area (TPSA) is 91.1 Å². The molecule has 2 N–H and O–H groups in total. The Balaban J connectivity index is 2.06. The molecule has 1 fully saturated rings. The first-order chi connectivity index (χ1) is 9.78. The number of rotatable bonds is 2. The van der Waals surface area contributed by atoms with Gasteiger partial charge in [-0.25, -0.2) is 13.1 Å². The number of aryl methyl sites for hydroxylation is 2. The number of sulfone groups is 1. The van der Waals surface area contributed by atoms with E-state index in [1.54, 1.807) is 4.68 Å². The SMILES string of the molecule is Cc1cc(-c2nn(C3CCS(=O)(=O)C3)c(N)c2C)c(C)o1. The molecule has 6 nitrogen and oxygen atoms in total. The van der Waals surface area contributed by atoms with Crippen molar-refractivity contribution in [3.8, 4) is 11.3 Å². The predicted octanol–water partition coefficient (Wildman–Crippen LogP) is 2.01. The van der Waals surface area contributed by atoms with Crippen LogP contribution in [0, 0.1) is 20.8 Å². The van der Waals surface area contributed by atoms with E-state index in [1.807, 2.05) is 26.8 Å². The normalized spacial score (nSPS) is 21.0. The highest BCUT2D eigenvalue weighted by Gasteiger charge is 2.32. The van der Waals surface area contributed by atoms with Crippen molar-refractivity contribution in [2.24, 2.45) is 0 Å². The van der Waals surface area contributed by atoms with Gasteiger partial charge in [0.2, 0.25) is 0 Å². The predicted molar refractivity (Wildman–Crippen MR) is 80.9 cm³/mol. The summed E-state index contributed by atoms with van der Waals surface area (Å²) in [5.74, 6) is 2.46. The molecule has 1 unspecified atom stereocenters. The van der Waals surface area contributed by atoms with Crippen molar-refractivity contribution >= 4 is 15.7 Å². The maximum Gasteiger partial charge on any atom is 0.152 e. The summed E-state index contributed by atoms with van der Waals surface area (Å²) < 4.78 is 30.5. The number of furan rings is 1. The molecule has 21 heavy (non-hydrogen) atoms. The number of hydrogen-bond donors (Lipinski definition) is 1. The first kappa shape index (κ1) is 14.2. The van der Waals surface area contributed by atoms with Crippen LogP contribution in [-0.4, -0.2) is 29.7 Å². The summed E-state index contributed by atoms with van der Waals surface area (Å²) in [7, 11) is -2.97.